The molecule has 0 spiro atoms. The predicted octanol–water partition coefficient (Wildman–Crippen LogP) is 2.72. The van der Waals surface area contributed by atoms with Crippen LogP contribution < -0.4 is 4.90 Å². The first kappa shape index (κ1) is 14.5. The van der Waals surface area contributed by atoms with Crippen molar-refractivity contribution >= 4 is 27.8 Å². The number of pyridine rings is 1. The molecule has 1 aromatic carbocycles. The molecule has 0 aliphatic carbocycles. The number of hydrogen-bond donors (Lipinski definition) is 0. The predicted molar refractivity (Wildman–Crippen MR) is 93.9 cm³/mol. The molecule has 1 aliphatic rings. The average molecular weight is 325 g/mol. The topological polar surface area (TPSA) is 45.2 Å². The van der Waals surface area contributed by atoms with Crippen molar-refractivity contribution in [2.75, 3.05) is 31.1 Å². The summed E-state index contributed by atoms with van der Waals surface area (Å²) in [4.78, 5) is 9.30. The second-order valence-electron chi connectivity index (χ2n) is 5.86. The van der Waals surface area contributed by atoms with Crippen LogP contribution in [-0.2, 0) is 6.54 Å². The molecule has 23 heavy (non-hydrogen) atoms. The summed E-state index contributed by atoms with van der Waals surface area (Å²) in [6.45, 7) is 7.05. The van der Waals surface area contributed by atoms with Crippen molar-refractivity contribution in [3.05, 3.63) is 46.7 Å². The van der Waals surface area contributed by atoms with E-state index in [2.05, 4.69) is 49.2 Å². The minimum atomic E-state index is 0.910. The van der Waals surface area contributed by atoms with Crippen molar-refractivity contribution < 1.29 is 0 Å². The number of fused-ring (bicyclic) bond motifs is 1. The second-order valence-corrected chi connectivity index (χ2v) is 7.12. The van der Waals surface area contributed by atoms with Gasteiger partial charge in [0, 0.05) is 43.1 Å². The number of nitrogens with zero attached hydrogens (tertiary/aromatic N) is 5. The lowest BCUT2D eigenvalue weighted by Gasteiger charge is -2.36. The van der Waals surface area contributed by atoms with E-state index in [4.69, 9.17) is 0 Å². The largest absolute Gasteiger partial charge is 0.367 e. The molecule has 0 amide bonds. The SMILES string of the molecule is Cc1nnc(CN2CCN(c3cncc4ccccc34)CC2)s1. The molecular formula is C17H19N5S. The Balaban J connectivity index is 1.46. The van der Waals surface area contributed by atoms with Crippen LogP contribution in [0, 0.1) is 6.92 Å². The van der Waals surface area contributed by atoms with Gasteiger partial charge >= 0.3 is 0 Å². The Bertz CT molecular complexity index is 802. The maximum Gasteiger partial charge on any atom is 0.131 e. The molecule has 1 aliphatic heterocycles. The van der Waals surface area contributed by atoms with E-state index in [1.165, 1.54) is 16.5 Å². The first-order valence-electron chi connectivity index (χ1n) is 7.88. The summed E-state index contributed by atoms with van der Waals surface area (Å²) in [5, 5.41) is 13.0. The van der Waals surface area contributed by atoms with E-state index in [-0.39, 0.29) is 0 Å². The van der Waals surface area contributed by atoms with Crippen molar-refractivity contribution in [2.45, 2.75) is 13.5 Å². The zero-order valence-electron chi connectivity index (χ0n) is 13.1. The highest BCUT2D eigenvalue weighted by atomic mass is 32.1. The average Bonchev–Trinajstić information content (AvgIpc) is 3.00. The molecule has 0 radical (unpaired) electrons. The summed E-state index contributed by atoms with van der Waals surface area (Å²) in [7, 11) is 0. The maximum atomic E-state index is 4.41. The summed E-state index contributed by atoms with van der Waals surface area (Å²) in [5.41, 5.74) is 1.24. The number of aromatic nitrogens is 3. The van der Waals surface area contributed by atoms with E-state index in [9.17, 15) is 0 Å². The number of aryl methyl sites for hydroxylation is 1. The molecule has 6 heteroatoms. The molecule has 3 aromatic rings. The van der Waals surface area contributed by atoms with Crippen LogP contribution in [0.25, 0.3) is 10.8 Å². The van der Waals surface area contributed by atoms with Gasteiger partial charge in [-0.25, -0.2) is 0 Å². The zero-order valence-corrected chi connectivity index (χ0v) is 14.0. The van der Waals surface area contributed by atoms with Gasteiger partial charge in [-0.05, 0) is 6.92 Å². The molecule has 4 rings (SSSR count). The van der Waals surface area contributed by atoms with Gasteiger partial charge in [0.1, 0.15) is 10.0 Å². The molecule has 0 N–H and O–H groups in total. The molecule has 0 bridgehead atoms. The fourth-order valence-corrected chi connectivity index (χ4v) is 3.84. The van der Waals surface area contributed by atoms with Gasteiger partial charge in [0.15, 0.2) is 0 Å². The minimum absolute atomic E-state index is 0.910. The van der Waals surface area contributed by atoms with E-state index in [0.717, 1.165) is 42.7 Å². The van der Waals surface area contributed by atoms with Gasteiger partial charge in [-0.2, -0.15) is 0 Å². The van der Waals surface area contributed by atoms with Crippen molar-refractivity contribution in [2.24, 2.45) is 0 Å². The lowest BCUT2D eigenvalue weighted by molar-refractivity contribution is 0.249. The highest BCUT2D eigenvalue weighted by Crippen LogP contribution is 2.26. The Morgan fingerprint density at radius 2 is 1.87 bits per heavy atom. The quantitative estimate of drug-likeness (QED) is 0.741. The Morgan fingerprint density at radius 3 is 2.65 bits per heavy atom. The minimum Gasteiger partial charge on any atom is -0.367 e. The third kappa shape index (κ3) is 3.04. The smallest absolute Gasteiger partial charge is 0.131 e. The van der Waals surface area contributed by atoms with Crippen LogP contribution in [0.3, 0.4) is 0 Å². The van der Waals surface area contributed by atoms with Crippen LogP contribution in [0.4, 0.5) is 5.69 Å². The van der Waals surface area contributed by atoms with E-state index in [0.29, 0.717) is 0 Å². The number of anilines is 1. The lowest BCUT2D eigenvalue weighted by Crippen LogP contribution is -2.46. The molecule has 1 saturated heterocycles. The van der Waals surface area contributed by atoms with Gasteiger partial charge < -0.3 is 4.90 Å². The van der Waals surface area contributed by atoms with Gasteiger partial charge in [-0.1, -0.05) is 24.3 Å². The summed E-state index contributed by atoms with van der Waals surface area (Å²) in [5.74, 6) is 0. The van der Waals surface area contributed by atoms with Crippen molar-refractivity contribution in [1.82, 2.24) is 20.1 Å². The molecule has 0 saturated carbocycles. The van der Waals surface area contributed by atoms with Gasteiger partial charge in [-0.15, -0.1) is 21.5 Å². The van der Waals surface area contributed by atoms with E-state index >= 15 is 0 Å². The first-order valence-corrected chi connectivity index (χ1v) is 8.70. The van der Waals surface area contributed by atoms with E-state index < -0.39 is 0 Å². The summed E-state index contributed by atoms with van der Waals surface area (Å²) >= 11 is 1.69. The van der Waals surface area contributed by atoms with Crippen molar-refractivity contribution in [1.29, 1.82) is 0 Å². The maximum absolute atomic E-state index is 4.41. The van der Waals surface area contributed by atoms with Gasteiger partial charge in [0.25, 0.3) is 0 Å². The Kier molecular flexibility index (Phi) is 3.93. The Hall–Kier alpha value is -2.05. The zero-order chi connectivity index (χ0) is 15.6. The monoisotopic (exact) mass is 325 g/mol. The molecule has 1 fully saturated rings. The van der Waals surface area contributed by atoms with Crippen LogP contribution in [0.5, 0.6) is 0 Å². The van der Waals surface area contributed by atoms with Crippen LogP contribution in [0.15, 0.2) is 36.7 Å². The molecule has 2 aromatic heterocycles. The van der Waals surface area contributed by atoms with E-state index in [1.54, 1.807) is 11.3 Å². The molecular weight excluding hydrogens is 306 g/mol. The highest BCUT2D eigenvalue weighted by molar-refractivity contribution is 7.11. The van der Waals surface area contributed by atoms with Crippen molar-refractivity contribution in [3.8, 4) is 0 Å². The van der Waals surface area contributed by atoms with Gasteiger partial charge in [0.05, 0.1) is 18.4 Å². The first-order chi connectivity index (χ1) is 11.3. The third-order valence-electron chi connectivity index (χ3n) is 4.29. The molecule has 0 unspecified atom stereocenters. The summed E-state index contributed by atoms with van der Waals surface area (Å²) < 4.78 is 0. The lowest BCUT2D eigenvalue weighted by atomic mass is 10.1. The van der Waals surface area contributed by atoms with Crippen molar-refractivity contribution in [3.63, 3.8) is 0 Å². The van der Waals surface area contributed by atoms with Crippen LogP contribution in [-0.4, -0.2) is 46.3 Å². The fourth-order valence-electron chi connectivity index (χ4n) is 3.09. The number of piperazine rings is 1. The molecule has 0 atom stereocenters. The molecule has 118 valence electrons. The molecule has 3 heterocycles. The Morgan fingerprint density at radius 1 is 1.04 bits per heavy atom. The number of rotatable bonds is 3. The van der Waals surface area contributed by atoms with Crippen LogP contribution in [0.1, 0.15) is 10.0 Å². The normalized spacial score (nSPS) is 16.1. The number of benzene rings is 1. The fraction of sp³-hybridized carbons (Fsp3) is 0.353. The van der Waals surface area contributed by atoms with Crippen LogP contribution in [0.2, 0.25) is 0 Å². The standard InChI is InChI=1S/C17H19N5S/c1-13-19-20-17(23-13)12-21-6-8-22(9-7-21)16-11-18-10-14-4-2-3-5-15(14)16/h2-5,10-11H,6-9,12H2,1H3. The number of hydrogen-bond acceptors (Lipinski definition) is 6. The van der Waals surface area contributed by atoms with Gasteiger partial charge in [0.2, 0.25) is 0 Å². The second kappa shape index (κ2) is 6.22. The highest BCUT2D eigenvalue weighted by Gasteiger charge is 2.19. The van der Waals surface area contributed by atoms with Gasteiger partial charge in [-0.3, -0.25) is 9.88 Å². The van der Waals surface area contributed by atoms with Crippen LogP contribution >= 0.6 is 11.3 Å². The third-order valence-corrected chi connectivity index (χ3v) is 5.11. The summed E-state index contributed by atoms with van der Waals surface area (Å²) in [6.07, 6.45) is 3.93. The Labute approximate surface area is 139 Å². The molecule has 5 nitrogen and oxygen atoms in total. The van der Waals surface area contributed by atoms with E-state index in [1.807, 2.05) is 19.3 Å². The summed E-state index contributed by atoms with van der Waals surface area (Å²) in [6, 6.07) is 8.47.